The van der Waals surface area contributed by atoms with E-state index in [1.807, 2.05) is 0 Å². The van der Waals surface area contributed by atoms with Crippen molar-refractivity contribution in [2.45, 2.75) is 26.2 Å². The third kappa shape index (κ3) is 5.91. The number of anilines is 2. The van der Waals surface area contributed by atoms with Crippen molar-refractivity contribution < 1.29 is 18.4 Å². The Morgan fingerprint density at radius 2 is 1.85 bits per heavy atom. The van der Waals surface area contributed by atoms with Crippen molar-refractivity contribution in [1.82, 2.24) is 10.2 Å². The number of rotatable bonds is 8. The summed E-state index contributed by atoms with van der Waals surface area (Å²) in [5, 5.41) is 2.91. The number of carbonyl (C=O) groups is 2. The molecule has 34 heavy (non-hydrogen) atoms. The van der Waals surface area contributed by atoms with Gasteiger partial charge in [0.15, 0.2) is 0 Å². The zero-order valence-corrected chi connectivity index (χ0v) is 19.6. The number of amides is 2. The number of carbonyl (C=O) groups excluding carboxylic acids is 2. The molecule has 0 spiro atoms. The van der Waals surface area contributed by atoms with E-state index < -0.39 is 17.6 Å². The second kappa shape index (κ2) is 11.0. The number of nitrogens with zero attached hydrogens (tertiary/aromatic N) is 3. The van der Waals surface area contributed by atoms with Gasteiger partial charge in [-0.2, -0.15) is 0 Å². The van der Waals surface area contributed by atoms with Crippen LogP contribution in [0.4, 0.5) is 20.2 Å². The molecular weight excluding hydrogens is 438 g/mol. The Labute approximate surface area is 199 Å². The van der Waals surface area contributed by atoms with E-state index in [4.69, 9.17) is 0 Å². The molecule has 6 nitrogen and oxygen atoms in total. The summed E-state index contributed by atoms with van der Waals surface area (Å²) in [5.74, 6) is -2.53. The largest absolute Gasteiger partial charge is 0.369 e. The second-order valence-corrected chi connectivity index (χ2v) is 9.17. The van der Waals surface area contributed by atoms with Crippen LogP contribution >= 0.6 is 0 Å². The number of benzene rings is 2. The van der Waals surface area contributed by atoms with Crippen LogP contribution in [0.5, 0.6) is 0 Å². The molecule has 0 radical (unpaired) electrons. The van der Waals surface area contributed by atoms with Gasteiger partial charge in [-0.25, -0.2) is 8.78 Å². The van der Waals surface area contributed by atoms with Crippen LogP contribution in [0.15, 0.2) is 42.5 Å². The number of halogens is 2. The van der Waals surface area contributed by atoms with E-state index in [2.05, 4.69) is 46.3 Å². The summed E-state index contributed by atoms with van der Waals surface area (Å²) in [6, 6.07) is 11.7. The summed E-state index contributed by atoms with van der Waals surface area (Å²) in [6.07, 6.45) is 1.88. The summed E-state index contributed by atoms with van der Waals surface area (Å²) >= 11 is 0. The Hall–Kier alpha value is -3.00. The highest BCUT2D eigenvalue weighted by molar-refractivity contribution is 6.00. The minimum Gasteiger partial charge on any atom is -0.369 e. The van der Waals surface area contributed by atoms with Gasteiger partial charge in [0.2, 0.25) is 11.8 Å². The number of nitrogens with one attached hydrogen (secondary N) is 1. The summed E-state index contributed by atoms with van der Waals surface area (Å²) in [6.45, 7) is 7.86. The van der Waals surface area contributed by atoms with Crippen molar-refractivity contribution in [3.63, 3.8) is 0 Å². The highest BCUT2D eigenvalue weighted by atomic mass is 19.1. The lowest BCUT2D eigenvalue weighted by Gasteiger charge is -2.36. The molecule has 8 heteroatoms. The zero-order chi connectivity index (χ0) is 24.1. The SMILES string of the molecule is Cc1cccc(N2CCN(CCCCNC(=O)C3CC(=O)N(c4ccc(F)cc4F)C3)CC2)c1. The van der Waals surface area contributed by atoms with Crippen LogP contribution in [0.1, 0.15) is 24.8 Å². The van der Waals surface area contributed by atoms with E-state index in [0.29, 0.717) is 6.54 Å². The van der Waals surface area contributed by atoms with Crippen LogP contribution in [0.2, 0.25) is 0 Å². The number of aryl methyl sites for hydroxylation is 1. The van der Waals surface area contributed by atoms with Crippen molar-refractivity contribution in [3.05, 3.63) is 59.7 Å². The maximum Gasteiger partial charge on any atom is 0.227 e. The Balaban J connectivity index is 1.13. The molecular formula is C26H32F2N4O2. The van der Waals surface area contributed by atoms with Gasteiger partial charge in [-0.15, -0.1) is 0 Å². The predicted octanol–water partition coefficient (Wildman–Crippen LogP) is 3.34. The number of piperazine rings is 1. The average molecular weight is 471 g/mol. The molecule has 182 valence electrons. The molecule has 1 atom stereocenters. The quantitative estimate of drug-likeness (QED) is 0.602. The summed E-state index contributed by atoms with van der Waals surface area (Å²) in [4.78, 5) is 30.9. The molecule has 0 bridgehead atoms. The van der Waals surface area contributed by atoms with Gasteiger partial charge in [0.1, 0.15) is 11.6 Å². The van der Waals surface area contributed by atoms with Crippen molar-refractivity contribution in [1.29, 1.82) is 0 Å². The van der Waals surface area contributed by atoms with Gasteiger partial charge < -0.3 is 15.1 Å². The number of unbranched alkanes of at least 4 members (excludes halogenated alkanes) is 1. The van der Waals surface area contributed by atoms with Crippen LogP contribution in [-0.2, 0) is 9.59 Å². The van der Waals surface area contributed by atoms with Crippen LogP contribution < -0.4 is 15.1 Å². The topological polar surface area (TPSA) is 55.9 Å². The molecule has 2 aromatic rings. The summed E-state index contributed by atoms with van der Waals surface area (Å²) in [5.41, 5.74) is 2.58. The number of hydrogen-bond acceptors (Lipinski definition) is 4. The maximum absolute atomic E-state index is 14.0. The normalized spacial score (nSPS) is 19.0. The minimum absolute atomic E-state index is 0.0178. The van der Waals surface area contributed by atoms with Gasteiger partial charge in [-0.3, -0.25) is 14.5 Å². The first kappa shape index (κ1) is 24.1. The van der Waals surface area contributed by atoms with Crippen LogP contribution in [0.25, 0.3) is 0 Å². The van der Waals surface area contributed by atoms with E-state index in [0.717, 1.165) is 57.7 Å². The Bertz CT molecular complexity index is 1020. The Morgan fingerprint density at radius 3 is 2.59 bits per heavy atom. The molecule has 1 N–H and O–H groups in total. The summed E-state index contributed by atoms with van der Waals surface area (Å²) < 4.78 is 27.2. The van der Waals surface area contributed by atoms with Gasteiger partial charge in [0.05, 0.1) is 11.6 Å². The van der Waals surface area contributed by atoms with E-state index >= 15 is 0 Å². The Morgan fingerprint density at radius 1 is 1.06 bits per heavy atom. The lowest BCUT2D eigenvalue weighted by atomic mass is 10.1. The van der Waals surface area contributed by atoms with Crippen molar-refractivity contribution in [3.8, 4) is 0 Å². The van der Waals surface area contributed by atoms with Gasteiger partial charge >= 0.3 is 0 Å². The molecule has 2 heterocycles. The first-order chi connectivity index (χ1) is 16.4. The molecule has 0 aliphatic carbocycles. The molecule has 0 saturated carbocycles. The fourth-order valence-corrected chi connectivity index (χ4v) is 4.69. The highest BCUT2D eigenvalue weighted by Gasteiger charge is 2.36. The fraction of sp³-hybridized carbons (Fsp3) is 0.462. The monoisotopic (exact) mass is 470 g/mol. The first-order valence-corrected chi connectivity index (χ1v) is 12.0. The third-order valence-electron chi connectivity index (χ3n) is 6.64. The second-order valence-electron chi connectivity index (χ2n) is 9.17. The van der Waals surface area contributed by atoms with Gasteiger partial charge in [0.25, 0.3) is 0 Å². The fourth-order valence-electron chi connectivity index (χ4n) is 4.69. The van der Waals surface area contributed by atoms with Crippen molar-refractivity contribution in [2.24, 2.45) is 5.92 Å². The molecule has 2 fully saturated rings. The molecule has 2 saturated heterocycles. The smallest absolute Gasteiger partial charge is 0.227 e. The zero-order valence-electron chi connectivity index (χ0n) is 19.6. The van der Waals surface area contributed by atoms with Crippen LogP contribution in [0, 0.1) is 24.5 Å². The molecule has 2 aliphatic heterocycles. The maximum atomic E-state index is 14.0. The van der Waals surface area contributed by atoms with Gasteiger partial charge in [-0.1, -0.05) is 12.1 Å². The van der Waals surface area contributed by atoms with E-state index in [-0.39, 0.29) is 30.5 Å². The molecule has 2 amide bonds. The Kier molecular flexibility index (Phi) is 7.77. The molecule has 0 aromatic heterocycles. The van der Waals surface area contributed by atoms with E-state index in [1.165, 1.54) is 22.2 Å². The first-order valence-electron chi connectivity index (χ1n) is 12.0. The third-order valence-corrected chi connectivity index (χ3v) is 6.64. The lowest BCUT2D eigenvalue weighted by Crippen LogP contribution is -2.46. The number of hydrogen-bond donors (Lipinski definition) is 1. The van der Waals surface area contributed by atoms with E-state index in [9.17, 15) is 18.4 Å². The molecule has 2 aliphatic rings. The molecule has 4 rings (SSSR count). The molecule has 2 aromatic carbocycles. The lowest BCUT2D eigenvalue weighted by molar-refractivity contribution is -0.126. The highest BCUT2D eigenvalue weighted by Crippen LogP contribution is 2.28. The predicted molar refractivity (Wildman–Crippen MR) is 129 cm³/mol. The van der Waals surface area contributed by atoms with Gasteiger partial charge in [-0.05, 0) is 56.1 Å². The average Bonchev–Trinajstić information content (AvgIpc) is 3.20. The molecule has 1 unspecified atom stereocenters. The summed E-state index contributed by atoms with van der Waals surface area (Å²) in [7, 11) is 0. The standard InChI is InChI=1S/C26H32F2N4O2/c1-19-5-4-6-22(15-19)31-13-11-30(12-14-31)10-3-2-9-29-26(34)20-16-25(33)32(18-20)24-8-7-21(27)17-23(24)28/h4-8,15,17,20H,2-3,9-14,16,18H2,1H3,(H,29,34). The van der Waals surface area contributed by atoms with Crippen LogP contribution in [0.3, 0.4) is 0 Å². The van der Waals surface area contributed by atoms with E-state index in [1.54, 1.807) is 0 Å². The van der Waals surface area contributed by atoms with Crippen LogP contribution in [-0.4, -0.2) is 62.5 Å². The minimum atomic E-state index is -0.797. The van der Waals surface area contributed by atoms with Crippen molar-refractivity contribution >= 4 is 23.2 Å². The van der Waals surface area contributed by atoms with Gasteiger partial charge in [0, 0.05) is 57.4 Å². The van der Waals surface area contributed by atoms with Crippen molar-refractivity contribution in [2.75, 3.05) is 55.6 Å².